The highest BCUT2D eigenvalue weighted by Crippen LogP contribution is 2.48. The first kappa shape index (κ1) is 48.1. The van der Waals surface area contributed by atoms with Gasteiger partial charge in [-0.3, -0.25) is 53.8 Å². The Kier molecular flexibility index (Phi) is 13.3. The van der Waals surface area contributed by atoms with Crippen LogP contribution in [0.25, 0.3) is 10.9 Å². The van der Waals surface area contributed by atoms with Crippen LogP contribution in [0.2, 0.25) is 0 Å². The Morgan fingerprint density at radius 1 is 0.792 bits per heavy atom. The van der Waals surface area contributed by atoms with E-state index in [0.717, 1.165) is 79.3 Å². The van der Waals surface area contributed by atoms with Crippen molar-refractivity contribution in [2.45, 2.75) is 70.5 Å². The number of carbonyl (C=O) groups is 6. The van der Waals surface area contributed by atoms with Crippen LogP contribution < -0.4 is 35.6 Å². The third-order valence-electron chi connectivity index (χ3n) is 15.1. The molecular formula is C53H57FN10O8. The Morgan fingerprint density at radius 3 is 2.10 bits per heavy atom. The summed E-state index contributed by atoms with van der Waals surface area (Å²) in [5.74, 6) is -0.738. The second-order valence-corrected chi connectivity index (χ2v) is 19.4. The standard InChI is InChI=1S/C53H57FN10O8/c1-31(30-57-47-46-38(14-20-56-47)49(67)64(50(46)68)41-12-13-45(65)60-48(41)66)61-24-26-62(27-25-61)32(2)33-16-22-63(23-17-33)42-29-40-39(28-44(42)71-3)43(15-21-55-40)72-37-10-8-36(9-11-37)59-52(70)53(18-19-53)51(69)58-35-6-4-34(54)5-7-35/h4-11,14-15,20-21,28-29,31-33,41H,12-13,16-19,22-27,30H2,1-3H3,(H,56,57)(H,58,69)(H,59,70)(H,60,65,66)/t31-,32+,41?/m1/s1. The van der Waals surface area contributed by atoms with Crippen molar-refractivity contribution in [2.24, 2.45) is 11.3 Å². The van der Waals surface area contributed by atoms with Gasteiger partial charge in [0, 0.05) is 93.5 Å². The number of ether oxygens (including phenoxy) is 2. The summed E-state index contributed by atoms with van der Waals surface area (Å²) in [5, 5.41) is 11.9. The number of pyridine rings is 2. The predicted octanol–water partition coefficient (Wildman–Crippen LogP) is 6.05. The van der Waals surface area contributed by atoms with Crippen LogP contribution >= 0.6 is 0 Å². The number of piperidine rings is 2. The number of methoxy groups -OCH3 is 1. The van der Waals surface area contributed by atoms with Crippen LogP contribution in [0, 0.1) is 17.2 Å². The minimum absolute atomic E-state index is 0.0552. The van der Waals surface area contributed by atoms with Gasteiger partial charge in [0.1, 0.15) is 40.3 Å². The molecule has 0 spiro atoms. The molecule has 1 unspecified atom stereocenters. The second kappa shape index (κ2) is 19.9. The lowest BCUT2D eigenvalue weighted by Crippen LogP contribution is -2.55. The molecule has 0 radical (unpaired) electrons. The smallest absolute Gasteiger partial charge is 0.266 e. The molecule has 6 amide bonds. The lowest BCUT2D eigenvalue weighted by Gasteiger charge is -2.45. The van der Waals surface area contributed by atoms with Gasteiger partial charge in [-0.25, -0.2) is 9.37 Å². The molecule has 1 aliphatic carbocycles. The fraction of sp³-hybridized carbons (Fsp3) is 0.396. The first-order chi connectivity index (χ1) is 34.8. The Hall–Kier alpha value is -7.51. The van der Waals surface area contributed by atoms with Gasteiger partial charge >= 0.3 is 0 Å². The van der Waals surface area contributed by atoms with Crippen LogP contribution in [0.1, 0.15) is 73.1 Å². The molecule has 5 aromatic rings. The Morgan fingerprint density at radius 2 is 1.44 bits per heavy atom. The zero-order chi connectivity index (χ0) is 50.3. The van der Waals surface area contributed by atoms with Gasteiger partial charge in [-0.15, -0.1) is 0 Å². The number of hydrogen-bond donors (Lipinski definition) is 4. The first-order valence-electron chi connectivity index (χ1n) is 24.6. The summed E-state index contributed by atoms with van der Waals surface area (Å²) in [4.78, 5) is 94.9. The van der Waals surface area contributed by atoms with Gasteiger partial charge in [0.05, 0.1) is 29.4 Å². The number of carbonyl (C=O) groups excluding carboxylic acids is 6. The molecule has 4 aliphatic heterocycles. The molecule has 1 saturated carbocycles. The lowest BCUT2D eigenvalue weighted by atomic mass is 9.88. The number of nitrogens with one attached hydrogen (secondary N) is 4. The highest BCUT2D eigenvalue weighted by molar-refractivity contribution is 6.25. The molecule has 4 N–H and O–H groups in total. The fourth-order valence-corrected chi connectivity index (χ4v) is 10.5. The van der Waals surface area contributed by atoms with Crippen molar-refractivity contribution in [3.8, 4) is 17.2 Å². The van der Waals surface area contributed by atoms with E-state index in [4.69, 9.17) is 14.5 Å². The normalized spacial score (nSPS) is 20.1. The van der Waals surface area contributed by atoms with Crippen molar-refractivity contribution in [1.29, 1.82) is 0 Å². The molecule has 3 atom stereocenters. The van der Waals surface area contributed by atoms with Gasteiger partial charge in [-0.1, -0.05) is 0 Å². The number of fused-ring (bicyclic) bond motifs is 2. The summed E-state index contributed by atoms with van der Waals surface area (Å²) in [7, 11) is 1.67. The zero-order valence-corrected chi connectivity index (χ0v) is 40.4. The van der Waals surface area contributed by atoms with Crippen molar-refractivity contribution in [3.05, 3.63) is 102 Å². The van der Waals surface area contributed by atoms with Gasteiger partial charge < -0.3 is 30.3 Å². The number of nitrogens with zero attached hydrogens (tertiary/aromatic N) is 6. The number of halogens is 1. The largest absolute Gasteiger partial charge is 0.495 e. The Balaban J connectivity index is 0.701. The molecule has 374 valence electrons. The molecule has 18 nitrogen and oxygen atoms in total. The maximum absolute atomic E-state index is 13.6. The van der Waals surface area contributed by atoms with Crippen molar-refractivity contribution >= 4 is 69.2 Å². The molecule has 5 aliphatic rings. The molecule has 72 heavy (non-hydrogen) atoms. The maximum Gasteiger partial charge on any atom is 0.266 e. The predicted molar refractivity (Wildman–Crippen MR) is 267 cm³/mol. The van der Waals surface area contributed by atoms with Crippen LogP contribution in [0.3, 0.4) is 0 Å². The SMILES string of the molecule is COc1cc2c(Oc3ccc(NC(=O)C4(C(=O)Nc5ccc(F)cc5)CC4)cc3)ccnc2cc1N1CCC([C@H](C)N2CCN([C@H](C)CNc3nccc4c3C(=O)N(C3CCC(=O)NC3=O)C4=O)CC2)CC1. The third-order valence-corrected chi connectivity index (χ3v) is 15.1. The minimum Gasteiger partial charge on any atom is -0.495 e. The van der Waals surface area contributed by atoms with Crippen LogP contribution in [0.4, 0.5) is 27.3 Å². The third kappa shape index (κ3) is 9.53. The van der Waals surface area contributed by atoms with E-state index in [2.05, 4.69) is 60.9 Å². The highest BCUT2D eigenvalue weighted by atomic mass is 19.1. The summed E-state index contributed by atoms with van der Waals surface area (Å²) in [6.07, 6.45) is 6.24. The van der Waals surface area contributed by atoms with Crippen molar-refractivity contribution in [2.75, 3.05) is 73.8 Å². The summed E-state index contributed by atoms with van der Waals surface area (Å²) in [6, 6.07) is 19.2. The maximum atomic E-state index is 13.6. The van der Waals surface area contributed by atoms with E-state index in [1.807, 2.05) is 6.07 Å². The average Bonchev–Trinajstić information content (AvgIpc) is 4.18. The number of imide groups is 2. The van der Waals surface area contributed by atoms with Crippen LogP contribution in [-0.2, 0) is 19.2 Å². The van der Waals surface area contributed by atoms with Crippen LogP contribution in [0.5, 0.6) is 17.2 Å². The minimum atomic E-state index is -1.18. The Labute approximate surface area is 415 Å². The molecule has 2 aromatic heterocycles. The molecule has 19 heteroatoms. The number of benzene rings is 3. The molecular weight excluding hydrogens is 924 g/mol. The molecule has 4 fully saturated rings. The molecule has 10 rings (SSSR count). The summed E-state index contributed by atoms with van der Waals surface area (Å²) < 4.78 is 25.7. The highest BCUT2D eigenvalue weighted by Gasteiger charge is 2.56. The van der Waals surface area contributed by atoms with E-state index in [1.54, 1.807) is 43.6 Å². The van der Waals surface area contributed by atoms with E-state index in [9.17, 15) is 33.2 Å². The van der Waals surface area contributed by atoms with E-state index in [0.29, 0.717) is 60.0 Å². The number of piperazine rings is 1. The van der Waals surface area contributed by atoms with Crippen molar-refractivity contribution < 1.29 is 42.6 Å². The van der Waals surface area contributed by atoms with E-state index >= 15 is 0 Å². The van der Waals surface area contributed by atoms with Gasteiger partial charge in [-0.05, 0) is 125 Å². The topological polar surface area (TPSA) is 208 Å². The van der Waals surface area contributed by atoms with Gasteiger partial charge in [0.2, 0.25) is 23.6 Å². The molecule has 6 heterocycles. The summed E-state index contributed by atoms with van der Waals surface area (Å²) >= 11 is 0. The van der Waals surface area contributed by atoms with E-state index in [1.165, 1.54) is 36.5 Å². The molecule has 0 bridgehead atoms. The van der Waals surface area contributed by atoms with Gasteiger partial charge in [0.15, 0.2) is 0 Å². The quantitative estimate of drug-likeness (QED) is 0.0696. The zero-order valence-electron chi connectivity index (χ0n) is 40.4. The first-order valence-corrected chi connectivity index (χ1v) is 24.6. The second-order valence-electron chi connectivity index (χ2n) is 19.4. The number of anilines is 4. The van der Waals surface area contributed by atoms with Crippen molar-refractivity contribution in [1.82, 2.24) is 30.0 Å². The van der Waals surface area contributed by atoms with Gasteiger partial charge in [-0.2, -0.15) is 0 Å². The Bertz CT molecular complexity index is 2940. The monoisotopic (exact) mass is 980 g/mol. The number of hydrogen-bond acceptors (Lipinski definition) is 14. The van der Waals surface area contributed by atoms with Crippen molar-refractivity contribution in [3.63, 3.8) is 0 Å². The van der Waals surface area contributed by atoms with E-state index < -0.39 is 52.7 Å². The lowest BCUT2D eigenvalue weighted by molar-refractivity contribution is -0.136. The van der Waals surface area contributed by atoms with Gasteiger partial charge in [0.25, 0.3) is 11.8 Å². The number of rotatable bonds is 15. The fourth-order valence-electron chi connectivity index (χ4n) is 10.5. The molecule has 3 saturated heterocycles. The van der Waals surface area contributed by atoms with Crippen LogP contribution in [-0.4, -0.2) is 131 Å². The average molecular weight is 981 g/mol. The van der Waals surface area contributed by atoms with E-state index in [-0.39, 0.29) is 30.0 Å². The number of aromatic nitrogens is 2. The number of amides is 6. The summed E-state index contributed by atoms with van der Waals surface area (Å²) in [5.41, 5.74) is 1.87. The van der Waals surface area contributed by atoms with Crippen LogP contribution in [0.15, 0.2) is 85.2 Å². The summed E-state index contributed by atoms with van der Waals surface area (Å²) in [6.45, 7) is 10.3. The molecule has 3 aromatic carbocycles.